The van der Waals surface area contributed by atoms with Crippen LogP contribution >= 0.6 is 0 Å². The molecule has 11 rings (SSSR count). The van der Waals surface area contributed by atoms with Gasteiger partial charge in [-0.15, -0.1) is 22.8 Å². The molecule has 0 amide bonds. The topological polar surface area (TPSA) is 52.9 Å². The summed E-state index contributed by atoms with van der Waals surface area (Å²) in [5.41, 5.74) is 19.2. The summed E-state index contributed by atoms with van der Waals surface area (Å²) in [6, 6.07) is 52.5. The normalized spacial score (nSPS) is 19.4. The van der Waals surface area contributed by atoms with Gasteiger partial charge in [-0.3, -0.25) is 0 Å². The largest absolute Gasteiger partial charge is 2.00 e. The molecule has 3 aliphatic heterocycles. The van der Waals surface area contributed by atoms with E-state index in [1.807, 2.05) is 0 Å². The van der Waals surface area contributed by atoms with E-state index in [2.05, 4.69) is 236 Å². The van der Waals surface area contributed by atoms with Crippen molar-refractivity contribution in [1.82, 2.24) is 9.97 Å². The van der Waals surface area contributed by atoms with Crippen LogP contribution in [0.1, 0.15) is 110 Å². The Bertz CT molecular complexity index is 3290. The maximum atomic E-state index is 5.54. The number of allylic oxidation sites excluding steroid dienone is 6. The van der Waals surface area contributed by atoms with Crippen molar-refractivity contribution in [2.75, 3.05) is 0 Å². The Morgan fingerprint density at radius 3 is 1.22 bits per heavy atom. The van der Waals surface area contributed by atoms with Gasteiger partial charge in [0.1, 0.15) is 0 Å². The fraction of sp³-hybridized carbons (Fsp3) is 0.156. The number of aromatic nitrogens is 2. The van der Waals surface area contributed by atoms with E-state index in [9.17, 15) is 0 Å². The first-order valence-electron chi connectivity index (χ1n) is 24.1. The number of hydrogen-bond donors (Lipinski definition) is 0. The molecule has 0 fully saturated rings. The molecule has 8 bridgehead atoms. The molecule has 0 saturated heterocycles. The molecule has 3 aliphatic rings. The van der Waals surface area contributed by atoms with Crippen molar-refractivity contribution in [3.63, 3.8) is 0 Å². The molecule has 0 N–H and O–H groups in total. The zero-order valence-corrected chi connectivity index (χ0v) is 40.8. The van der Waals surface area contributed by atoms with Crippen LogP contribution in [0.15, 0.2) is 202 Å². The van der Waals surface area contributed by atoms with Crippen LogP contribution in [0.2, 0.25) is 0 Å². The second-order valence-corrected chi connectivity index (χ2v) is 19.0. The van der Waals surface area contributed by atoms with Gasteiger partial charge in [-0.2, -0.15) is 0 Å². The first kappa shape index (κ1) is 45.5. The number of nitrogens with zero attached hydrogens (tertiary/aromatic N) is 4. The van der Waals surface area contributed by atoms with Gasteiger partial charge in [-0.05, 0) is 125 Å². The number of hydrogen-bond acceptors (Lipinski definition) is 2. The minimum atomic E-state index is -0.0415. The minimum absolute atomic E-state index is 0. The summed E-state index contributed by atoms with van der Waals surface area (Å²) in [5.74, 6) is 0.606. The van der Waals surface area contributed by atoms with Crippen LogP contribution < -0.4 is 9.97 Å². The molecule has 6 aromatic carbocycles. The molecule has 8 aromatic rings. The van der Waals surface area contributed by atoms with Crippen molar-refractivity contribution in [1.29, 1.82) is 0 Å². The average Bonchev–Trinajstić information content (AvgIpc) is 4.19. The van der Waals surface area contributed by atoms with Crippen LogP contribution in [-0.2, 0) is 17.1 Å². The molecule has 1 radical (unpaired) electrons. The first-order valence-corrected chi connectivity index (χ1v) is 24.1. The molecule has 0 aliphatic carbocycles. The Labute approximate surface area is 416 Å². The van der Waals surface area contributed by atoms with E-state index in [0.29, 0.717) is 11.8 Å². The van der Waals surface area contributed by atoms with E-state index in [4.69, 9.17) is 20.0 Å². The van der Waals surface area contributed by atoms with Gasteiger partial charge < -0.3 is 9.97 Å². The number of rotatable bonds is 4. The second-order valence-electron chi connectivity index (χ2n) is 19.0. The Balaban J connectivity index is 0.00000553. The summed E-state index contributed by atoms with van der Waals surface area (Å²) in [7, 11) is 0. The Morgan fingerprint density at radius 1 is 0.449 bits per heavy atom. The smallest absolute Gasteiger partial charge is 0.656 e. The summed E-state index contributed by atoms with van der Waals surface area (Å²) in [4.78, 5) is 22.0. The van der Waals surface area contributed by atoms with Gasteiger partial charge in [0.2, 0.25) is 0 Å². The van der Waals surface area contributed by atoms with Gasteiger partial charge in [0.05, 0.1) is 22.8 Å². The van der Waals surface area contributed by atoms with Gasteiger partial charge >= 0.3 is 17.1 Å². The van der Waals surface area contributed by atoms with Crippen molar-refractivity contribution >= 4 is 57.3 Å². The SMILES string of the molecule is CC(C)c1ccc2c(c1)C(C)/C(=C\c1ccccc1)C1=N/C(=C\c3[n-]c(c4ccccc34)-c3ccc(C(C)C)cc3C(C)/C(=C\c3ccccc3)C3=N/C(=C\c4[n-]c-2c2ccccc42)C=C3)C=C1.[Cu+2]. The molecular weight excluding hydrogens is 888 g/mol. The minimum Gasteiger partial charge on any atom is -0.656 e. The fourth-order valence-corrected chi connectivity index (χ4v) is 10.1. The fourth-order valence-electron chi connectivity index (χ4n) is 10.1. The quantitative estimate of drug-likeness (QED) is 0.165. The third-order valence-electron chi connectivity index (χ3n) is 14.0. The Morgan fingerprint density at radius 2 is 0.826 bits per heavy atom. The summed E-state index contributed by atoms with van der Waals surface area (Å²) in [6.07, 6.45) is 17.6. The number of aliphatic imine (C=N–C) groups is 2. The second kappa shape index (κ2) is 19.0. The maximum absolute atomic E-state index is 5.54. The summed E-state index contributed by atoms with van der Waals surface area (Å²) in [5, 5.41) is 4.45. The first-order chi connectivity index (χ1) is 33.2. The zero-order valence-electron chi connectivity index (χ0n) is 39.9. The van der Waals surface area contributed by atoms with Crippen LogP contribution in [0, 0.1) is 0 Å². The van der Waals surface area contributed by atoms with Crippen LogP contribution in [0.5, 0.6) is 0 Å². The van der Waals surface area contributed by atoms with Crippen LogP contribution in [0.4, 0.5) is 0 Å². The molecular formula is C64H54CuN4. The molecule has 2 aromatic heterocycles. The van der Waals surface area contributed by atoms with Crippen LogP contribution in [-0.4, -0.2) is 11.4 Å². The van der Waals surface area contributed by atoms with Gasteiger partial charge in [0.15, 0.2) is 0 Å². The Hall–Kier alpha value is -7.30. The molecule has 2 unspecified atom stereocenters. The molecule has 341 valence electrons. The average molecular weight is 943 g/mol. The number of fused-ring (bicyclic) bond motifs is 16. The van der Waals surface area contributed by atoms with E-state index >= 15 is 0 Å². The molecule has 2 atom stereocenters. The predicted octanol–water partition coefficient (Wildman–Crippen LogP) is 16.3. The van der Waals surface area contributed by atoms with Crippen molar-refractivity contribution in [2.24, 2.45) is 9.98 Å². The third-order valence-corrected chi connectivity index (χ3v) is 14.0. The van der Waals surface area contributed by atoms with Crippen molar-refractivity contribution < 1.29 is 17.1 Å². The molecule has 4 nitrogen and oxygen atoms in total. The third kappa shape index (κ3) is 8.74. The monoisotopic (exact) mass is 941 g/mol. The predicted molar refractivity (Wildman–Crippen MR) is 288 cm³/mol. The standard InChI is InChI=1S/C64H54N4.Cu/c1-39(2)45-25-29-53-55(35-45)41(5)57(33-43-17-9-7-10-18-43)59-31-27-47(65-59)38-62-50-22-14-16-24-52(50)64(68-62)54-30-26-46(40(3)4)36-56(54)42(6)58(34-44-19-11-8-12-20-44)60-32-28-48(66-60)37-61-49-21-13-15-23-51(49)63(53)67-61;/h7-42H,1-6H3;/q-2;+2/b47-38-,48-37-,57-33+,58-34+;. The van der Waals surface area contributed by atoms with Crippen molar-refractivity contribution in [2.45, 2.75) is 65.2 Å². The summed E-state index contributed by atoms with van der Waals surface area (Å²) < 4.78 is 0. The number of benzene rings is 6. The molecule has 5 heteroatoms. The van der Waals surface area contributed by atoms with Gasteiger partial charge in [-0.1, -0.05) is 199 Å². The molecule has 0 spiro atoms. The summed E-state index contributed by atoms with van der Waals surface area (Å²) in [6.45, 7) is 13.7. The van der Waals surface area contributed by atoms with E-state index in [1.54, 1.807) is 0 Å². The van der Waals surface area contributed by atoms with E-state index < -0.39 is 0 Å². The van der Waals surface area contributed by atoms with Gasteiger partial charge in [0.25, 0.3) is 0 Å². The zero-order chi connectivity index (χ0) is 46.5. The van der Waals surface area contributed by atoms with Crippen LogP contribution in [0.25, 0.3) is 68.4 Å². The van der Waals surface area contributed by atoms with Crippen molar-refractivity contribution in [3.05, 3.63) is 237 Å². The maximum Gasteiger partial charge on any atom is 2.00 e. The summed E-state index contributed by atoms with van der Waals surface area (Å²) >= 11 is 0. The van der Waals surface area contributed by atoms with Gasteiger partial charge in [-0.25, -0.2) is 9.98 Å². The van der Waals surface area contributed by atoms with Crippen LogP contribution in [0.3, 0.4) is 0 Å². The Kier molecular flexibility index (Phi) is 12.5. The molecule has 5 heterocycles. The molecule has 0 saturated carbocycles. The molecule has 69 heavy (non-hydrogen) atoms. The van der Waals surface area contributed by atoms with Gasteiger partial charge in [0, 0.05) is 11.8 Å². The van der Waals surface area contributed by atoms with E-state index in [0.717, 1.165) is 101 Å². The van der Waals surface area contributed by atoms with Crippen molar-refractivity contribution in [3.8, 4) is 22.5 Å². The van der Waals surface area contributed by atoms with E-state index in [1.165, 1.54) is 22.3 Å². The van der Waals surface area contributed by atoms with E-state index in [-0.39, 0.29) is 28.9 Å².